The van der Waals surface area contributed by atoms with Crippen molar-refractivity contribution in [1.82, 2.24) is 0 Å². The van der Waals surface area contributed by atoms with E-state index in [-0.39, 0.29) is 49.7 Å². The summed E-state index contributed by atoms with van der Waals surface area (Å²) in [6, 6.07) is 26.1. The fourth-order valence-corrected chi connectivity index (χ4v) is 7.86. The molecule has 4 aromatic carbocycles. The van der Waals surface area contributed by atoms with Gasteiger partial charge < -0.3 is 5.32 Å². The number of para-hydroxylation sites is 1. The molecule has 5 atom stereocenters. The SMILES string of the molecule is O=[N+]([O-])c1ccc2c(c1)[C@@H]1[C@H](Cl)[C@H](Sc3ccccc3[N+](=O)[O-])C[C@@H]1[C@@H](c1cccc3ccccc13)N2. The molecule has 2 aliphatic rings. The Morgan fingerprint density at radius 3 is 2.43 bits per heavy atom. The molecule has 1 aliphatic carbocycles. The number of nitrogens with one attached hydrogen (secondary N) is 1. The Bertz CT molecular complexity index is 1540. The van der Waals surface area contributed by atoms with E-state index in [9.17, 15) is 20.2 Å². The van der Waals surface area contributed by atoms with Crippen LogP contribution >= 0.6 is 23.4 Å². The standard InChI is InChI=1S/C28H22ClN3O4S/c29-27-25(37-24-11-4-3-10-23(24)32(35)36)15-21-26(27)20-14-17(31(33)34)12-13-22(20)30-28(21)19-9-5-7-16-6-1-2-8-18(16)19/h1-14,21,25-28,30H,15H2/t21-,25+,26-,27+,28+/m0/s1. The lowest BCUT2D eigenvalue weighted by atomic mass is 9.76. The van der Waals surface area contributed by atoms with Crippen molar-refractivity contribution >= 4 is 51.2 Å². The van der Waals surface area contributed by atoms with Crippen molar-refractivity contribution in [3.63, 3.8) is 0 Å². The normalized spacial score (nSPS) is 24.2. The number of hydrogen-bond acceptors (Lipinski definition) is 6. The van der Waals surface area contributed by atoms with Gasteiger partial charge in [-0.25, -0.2) is 0 Å². The Morgan fingerprint density at radius 2 is 1.62 bits per heavy atom. The zero-order chi connectivity index (χ0) is 25.7. The van der Waals surface area contributed by atoms with E-state index in [0.717, 1.165) is 27.6 Å². The molecule has 0 radical (unpaired) electrons. The molecule has 1 saturated carbocycles. The number of nitrogens with zero attached hydrogens (tertiary/aromatic N) is 2. The zero-order valence-corrected chi connectivity index (χ0v) is 21.1. The van der Waals surface area contributed by atoms with Crippen molar-refractivity contribution in [2.24, 2.45) is 5.92 Å². The molecule has 186 valence electrons. The topological polar surface area (TPSA) is 98.3 Å². The molecule has 4 aromatic rings. The fourth-order valence-electron chi connectivity index (χ4n) is 5.92. The van der Waals surface area contributed by atoms with Gasteiger partial charge in [-0.1, -0.05) is 54.6 Å². The van der Waals surface area contributed by atoms with Gasteiger partial charge in [0.25, 0.3) is 11.4 Å². The Morgan fingerprint density at radius 1 is 0.865 bits per heavy atom. The second kappa shape index (κ2) is 9.36. The summed E-state index contributed by atoms with van der Waals surface area (Å²) in [5, 5.41) is 28.7. The van der Waals surface area contributed by atoms with Gasteiger partial charge in [-0.15, -0.1) is 23.4 Å². The second-order valence-corrected chi connectivity index (χ2v) is 11.3. The van der Waals surface area contributed by atoms with E-state index in [1.54, 1.807) is 30.3 Å². The van der Waals surface area contributed by atoms with Crippen LogP contribution in [0.4, 0.5) is 17.1 Å². The average Bonchev–Trinajstić information content (AvgIpc) is 3.23. The smallest absolute Gasteiger partial charge is 0.282 e. The monoisotopic (exact) mass is 531 g/mol. The summed E-state index contributed by atoms with van der Waals surface area (Å²) in [5.74, 6) is -0.106. The maximum atomic E-state index is 11.6. The summed E-state index contributed by atoms with van der Waals surface area (Å²) in [6.07, 6.45) is 0.707. The van der Waals surface area contributed by atoms with E-state index in [2.05, 4.69) is 29.6 Å². The Balaban J connectivity index is 1.46. The maximum absolute atomic E-state index is 11.6. The molecular formula is C28H22ClN3O4S. The van der Waals surface area contributed by atoms with Crippen LogP contribution in [0.25, 0.3) is 10.8 Å². The van der Waals surface area contributed by atoms with Gasteiger partial charge in [-0.2, -0.15) is 0 Å². The predicted octanol–water partition coefficient (Wildman–Crippen LogP) is 7.69. The molecule has 1 heterocycles. The minimum atomic E-state index is -0.385. The first-order valence-corrected chi connectivity index (χ1v) is 13.3. The van der Waals surface area contributed by atoms with Gasteiger partial charge in [-0.05, 0) is 46.4 Å². The van der Waals surface area contributed by atoms with Crippen LogP contribution in [0, 0.1) is 26.1 Å². The Labute approximate surface area is 222 Å². The average molecular weight is 532 g/mol. The molecule has 0 saturated heterocycles. The molecule has 1 N–H and O–H groups in total. The van der Waals surface area contributed by atoms with Crippen LogP contribution in [0.5, 0.6) is 0 Å². The quantitative estimate of drug-likeness (QED) is 0.161. The Hall–Kier alpha value is -3.62. The third-order valence-corrected chi connectivity index (χ3v) is 9.62. The number of rotatable bonds is 5. The molecule has 0 unspecified atom stereocenters. The molecule has 0 aromatic heterocycles. The minimum Gasteiger partial charge on any atom is -0.378 e. The summed E-state index contributed by atoms with van der Waals surface area (Å²) in [5.41, 5.74) is 2.91. The van der Waals surface area contributed by atoms with E-state index in [1.165, 1.54) is 23.9 Å². The first-order valence-electron chi connectivity index (χ1n) is 12.0. The van der Waals surface area contributed by atoms with Crippen molar-refractivity contribution in [3.8, 4) is 0 Å². The van der Waals surface area contributed by atoms with E-state index < -0.39 is 0 Å². The number of anilines is 1. The molecule has 0 amide bonds. The predicted molar refractivity (Wildman–Crippen MR) is 147 cm³/mol. The van der Waals surface area contributed by atoms with Crippen LogP contribution in [0.2, 0.25) is 0 Å². The highest BCUT2D eigenvalue weighted by Crippen LogP contribution is 2.58. The van der Waals surface area contributed by atoms with Gasteiger partial charge in [0.15, 0.2) is 0 Å². The number of benzene rings is 4. The van der Waals surface area contributed by atoms with Crippen LogP contribution in [0.1, 0.15) is 29.5 Å². The molecule has 1 aliphatic heterocycles. The van der Waals surface area contributed by atoms with Crippen LogP contribution in [-0.4, -0.2) is 20.5 Å². The van der Waals surface area contributed by atoms with Gasteiger partial charge in [0.1, 0.15) is 0 Å². The lowest BCUT2D eigenvalue weighted by Gasteiger charge is -2.38. The third-order valence-electron chi connectivity index (χ3n) is 7.51. The lowest BCUT2D eigenvalue weighted by Crippen LogP contribution is -2.31. The number of fused-ring (bicyclic) bond motifs is 4. The van der Waals surface area contributed by atoms with Crippen LogP contribution in [0.3, 0.4) is 0 Å². The van der Waals surface area contributed by atoms with Gasteiger partial charge in [0, 0.05) is 35.1 Å². The van der Waals surface area contributed by atoms with Crippen LogP contribution < -0.4 is 5.32 Å². The highest BCUT2D eigenvalue weighted by atomic mass is 35.5. The molecule has 9 heteroatoms. The van der Waals surface area contributed by atoms with Gasteiger partial charge >= 0.3 is 0 Å². The number of thioether (sulfide) groups is 1. The highest BCUT2D eigenvalue weighted by molar-refractivity contribution is 8.00. The summed E-state index contributed by atoms with van der Waals surface area (Å²) < 4.78 is 0. The summed E-state index contributed by atoms with van der Waals surface area (Å²) in [4.78, 5) is 23.0. The molecule has 7 nitrogen and oxygen atoms in total. The van der Waals surface area contributed by atoms with Crippen molar-refractivity contribution in [2.75, 3.05) is 5.32 Å². The van der Waals surface area contributed by atoms with Crippen LogP contribution in [-0.2, 0) is 0 Å². The molecular weight excluding hydrogens is 510 g/mol. The lowest BCUT2D eigenvalue weighted by molar-refractivity contribution is -0.387. The molecule has 37 heavy (non-hydrogen) atoms. The summed E-state index contributed by atoms with van der Waals surface area (Å²) >= 11 is 8.61. The maximum Gasteiger partial charge on any atom is 0.282 e. The minimum absolute atomic E-state index is 0.0292. The fraction of sp³-hybridized carbons (Fsp3) is 0.214. The number of hydrogen-bond donors (Lipinski definition) is 1. The van der Waals surface area contributed by atoms with Gasteiger partial charge in [0.05, 0.1) is 26.2 Å². The molecule has 1 fully saturated rings. The van der Waals surface area contributed by atoms with Crippen molar-refractivity contribution in [2.45, 2.75) is 33.9 Å². The van der Waals surface area contributed by atoms with Crippen molar-refractivity contribution in [1.29, 1.82) is 0 Å². The van der Waals surface area contributed by atoms with E-state index in [0.29, 0.717) is 11.3 Å². The van der Waals surface area contributed by atoms with E-state index in [4.69, 9.17) is 11.6 Å². The second-order valence-electron chi connectivity index (χ2n) is 9.47. The van der Waals surface area contributed by atoms with Gasteiger partial charge in [0.2, 0.25) is 0 Å². The molecule has 0 spiro atoms. The number of non-ortho nitro benzene ring substituents is 1. The van der Waals surface area contributed by atoms with E-state index in [1.807, 2.05) is 18.2 Å². The van der Waals surface area contributed by atoms with Crippen molar-refractivity contribution < 1.29 is 9.85 Å². The molecule has 6 rings (SSSR count). The number of nitro groups is 2. The van der Waals surface area contributed by atoms with E-state index >= 15 is 0 Å². The zero-order valence-electron chi connectivity index (χ0n) is 19.5. The highest BCUT2D eigenvalue weighted by Gasteiger charge is 2.51. The summed E-state index contributed by atoms with van der Waals surface area (Å²) in [6.45, 7) is 0. The molecule has 0 bridgehead atoms. The van der Waals surface area contributed by atoms with Crippen LogP contribution in [0.15, 0.2) is 89.8 Å². The largest absolute Gasteiger partial charge is 0.378 e. The van der Waals surface area contributed by atoms with Crippen molar-refractivity contribution in [3.05, 3.63) is 116 Å². The summed E-state index contributed by atoms with van der Waals surface area (Å²) in [7, 11) is 0. The number of nitro benzene ring substituents is 2. The number of halogens is 1. The number of alkyl halides is 1. The Kier molecular flexibility index (Phi) is 6.01. The first kappa shape index (κ1) is 23.8. The first-order chi connectivity index (χ1) is 17.9. The van der Waals surface area contributed by atoms with Gasteiger partial charge in [-0.3, -0.25) is 20.2 Å². The third kappa shape index (κ3) is 4.10.